The van der Waals surface area contributed by atoms with Gasteiger partial charge in [-0.05, 0) is 45.9 Å². The predicted octanol–water partition coefficient (Wildman–Crippen LogP) is 4.87. The molecule has 0 fully saturated rings. The number of carbonyl (C=O) groups is 1. The largest absolute Gasteiger partial charge is 0.493 e. The fourth-order valence-corrected chi connectivity index (χ4v) is 3.80. The van der Waals surface area contributed by atoms with Crippen LogP contribution < -0.4 is 14.8 Å². The van der Waals surface area contributed by atoms with Gasteiger partial charge >= 0.3 is 0 Å². The van der Waals surface area contributed by atoms with Gasteiger partial charge < -0.3 is 14.8 Å². The number of hydrogen-bond acceptors (Lipinski definition) is 3. The Morgan fingerprint density at radius 2 is 1.39 bits per heavy atom. The molecular weight excluding hydrogens is 465 g/mol. The van der Waals surface area contributed by atoms with E-state index in [9.17, 15) is 4.79 Å². The lowest BCUT2D eigenvalue weighted by molar-refractivity contribution is 0.0951. The highest BCUT2D eigenvalue weighted by Gasteiger charge is 2.19. The van der Waals surface area contributed by atoms with Crippen LogP contribution in [0.15, 0.2) is 72.8 Å². The molecule has 0 radical (unpaired) electrons. The first kappa shape index (κ1) is 20.2. The number of methoxy groups -OCH3 is 2. The quantitative estimate of drug-likeness (QED) is 0.484. The van der Waals surface area contributed by atoms with Crippen molar-refractivity contribution in [2.24, 2.45) is 0 Å². The van der Waals surface area contributed by atoms with Gasteiger partial charge in [0.15, 0.2) is 11.5 Å². The van der Waals surface area contributed by atoms with E-state index in [-0.39, 0.29) is 11.8 Å². The monoisotopic (exact) mass is 487 g/mol. The van der Waals surface area contributed by atoms with Crippen LogP contribution in [0.3, 0.4) is 0 Å². The van der Waals surface area contributed by atoms with Gasteiger partial charge in [-0.3, -0.25) is 4.79 Å². The minimum Gasteiger partial charge on any atom is -0.493 e. The summed E-state index contributed by atoms with van der Waals surface area (Å²) in [6.07, 6.45) is 0. The molecule has 0 bridgehead atoms. The molecule has 0 aliphatic rings. The smallest absolute Gasteiger partial charge is 0.252 e. The van der Waals surface area contributed by atoms with Gasteiger partial charge in [0.1, 0.15) is 0 Å². The fourth-order valence-electron chi connectivity index (χ4n) is 3.12. The van der Waals surface area contributed by atoms with Crippen LogP contribution in [-0.4, -0.2) is 26.7 Å². The molecule has 0 spiro atoms. The molecule has 0 aliphatic carbocycles. The highest BCUT2D eigenvalue weighted by Crippen LogP contribution is 2.31. The number of hydrogen-bond donors (Lipinski definition) is 1. The van der Waals surface area contributed by atoms with Gasteiger partial charge in [-0.2, -0.15) is 0 Å². The molecule has 0 aliphatic heterocycles. The Hall–Kier alpha value is -2.54. The zero-order valence-corrected chi connectivity index (χ0v) is 18.0. The van der Waals surface area contributed by atoms with Crippen LogP contribution in [0.2, 0.25) is 0 Å². The van der Waals surface area contributed by atoms with Crippen molar-refractivity contribution in [3.63, 3.8) is 0 Å². The van der Waals surface area contributed by atoms with Crippen LogP contribution in [-0.2, 0) is 0 Å². The third-order valence-corrected chi connectivity index (χ3v) is 5.48. The summed E-state index contributed by atoms with van der Waals surface area (Å²) in [4.78, 5) is 12.9. The van der Waals surface area contributed by atoms with Gasteiger partial charge in [-0.25, -0.2) is 0 Å². The van der Waals surface area contributed by atoms with Gasteiger partial charge in [0.05, 0.1) is 19.8 Å². The fraction of sp³-hybridized carbons (Fsp3) is 0.174. The summed E-state index contributed by atoms with van der Waals surface area (Å²) in [5.41, 5.74) is 2.89. The van der Waals surface area contributed by atoms with Crippen molar-refractivity contribution < 1.29 is 14.3 Å². The minimum absolute atomic E-state index is 0.0733. The zero-order valence-electron chi connectivity index (χ0n) is 15.8. The molecule has 3 aromatic rings. The maximum absolute atomic E-state index is 12.9. The van der Waals surface area contributed by atoms with E-state index in [1.807, 2.05) is 36.4 Å². The lowest BCUT2D eigenvalue weighted by Gasteiger charge is -2.19. The number of halogens is 1. The first-order chi connectivity index (χ1) is 13.6. The van der Waals surface area contributed by atoms with E-state index < -0.39 is 0 Å². The van der Waals surface area contributed by atoms with Crippen LogP contribution in [0, 0.1) is 3.57 Å². The average molecular weight is 487 g/mol. The summed E-state index contributed by atoms with van der Waals surface area (Å²) >= 11 is 2.14. The number of ether oxygens (including phenoxy) is 2. The van der Waals surface area contributed by atoms with Crippen molar-refractivity contribution in [1.82, 2.24) is 5.32 Å². The van der Waals surface area contributed by atoms with Crippen molar-refractivity contribution in [3.8, 4) is 11.5 Å². The summed E-state index contributed by atoms with van der Waals surface area (Å²) in [7, 11) is 3.14. The Balaban J connectivity index is 1.83. The van der Waals surface area contributed by atoms with Crippen LogP contribution in [0.25, 0.3) is 0 Å². The van der Waals surface area contributed by atoms with Crippen molar-refractivity contribution in [3.05, 3.63) is 93.1 Å². The van der Waals surface area contributed by atoms with Crippen LogP contribution in [0.5, 0.6) is 11.5 Å². The molecule has 5 heteroatoms. The molecule has 1 N–H and O–H groups in total. The molecule has 0 saturated carbocycles. The van der Waals surface area contributed by atoms with E-state index in [1.54, 1.807) is 26.4 Å². The molecule has 0 aromatic heterocycles. The number of carbonyl (C=O) groups excluding carboxylic acids is 1. The van der Waals surface area contributed by atoms with Gasteiger partial charge in [-0.1, -0.05) is 60.7 Å². The van der Waals surface area contributed by atoms with E-state index in [0.29, 0.717) is 23.6 Å². The Morgan fingerprint density at radius 3 is 1.89 bits per heavy atom. The summed E-state index contributed by atoms with van der Waals surface area (Å²) in [6, 6.07) is 23.9. The second-order valence-electron chi connectivity index (χ2n) is 6.27. The first-order valence-electron chi connectivity index (χ1n) is 8.93. The van der Waals surface area contributed by atoms with Gasteiger partial charge in [-0.15, -0.1) is 0 Å². The van der Waals surface area contributed by atoms with Crippen molar-refractivity contribution in [2.75, 3.05) is 20.8 Å². The minimum atomic E-state index is -0.137. The molecule has 144 valence electrons. The number of benzene rings is 3. The summed E-state index contributed by atoms with van der Waals surface area (Å²) in [5.74, 6) is 1.08. The molecule has 28 heavy (non-hydrogen) atoms. The van der Waals surface area contributed by atoms with Gasteiger partial charge in [0, 0.05) is 16.0 Å². The summed E-state index contributed by atoms with van der Waals surface area (Å²) in [6.45, 7) is 0.497. The predicted molar refractivity (Wildman–Crippen MR) is 119 cm³/mol. The van der Waals surface area contributed by atoms with E-state index in [0.717, 1.165) is 14.7 Å². The zero-order chi connectivity index (χ0) is 19.9. The third-order valence-electron chi connectivity index (χ3n) is 4.59. The highest BCUT2D eigenvalue weighted by molar-refractivity contribution is 14.1. The molecule has 0 unspecified atom stereocenters. The topological polar surface area (TPSA) is 47.6 Å². The number of rotatable bonds is 7. The average Bonchev–Trinajstić information content (AvgIpc) is 2.75. The summed E-state index contributed by atoms with van der Waals surface area (Å²) < 4.78 is 11.5. The molecule has 4 nitrogen and oxygen atoms in total. The summed E-state index contributed by atoms with van der Waals surface area (Å²) in [5, 5.41) is 3.09. The maximum Gasteiger partial charge on any atom is 0.252 e. The molecule has 1 amide bonds. The van der Waals surface area contributed by atoms with Crippen LogP contribution in [0.1, 0.15) is 27.4 Å². The van der Waals surface area contributed by atoms with Crippen molar-refractivity contribution in [1.29, 1.82) is 0 Å². The molecule has 0 heterocycles. The second-order valence-corrected chi connectivity index (χ2v) is 7.43. The van der Waals surface area contributed by atoms with E-state index in [4.69, 9.17) is 9.47 Å². The number of nitrogens with one attached hydrogen (secondary N) is 1. The molecule has 0 atom stereocenters. The second kappa shape index (κ2) is 9.59. The van der Waals surface area contributed by atoms with Gasteiger partial charge in [0.25, 0.3) is 5.91 Å². The highest BCUT2D eigenvalue weighted by atomic mass is 127. The number of amides is 1. The van der Waals surface area contributed by atoms with Gasteiger partial charge in [0.2, 0.25) is 0 Å². The maximum atomic E-state index is 12.9. The van der Waals surface area contributed by atoms with Crippen LogP contribution in [0.4, 0.5) is 0 Å². The lowest BCUT2D eigenvalue weighted by Crippen LogP contribution is -2.29. The molecule has 0 saturated heterocycles. The van der Waals surface area contributed by atoms with Crippen molar-refractivity contribution in [2.45, 2.75) is 5.92 Å². The standard InChI is InChI=1S/C23H22INO3/c1-27-21-13-18(20(24)14-22(21)28-2)23(26)25-15-19(16-9-5-3-6-10-16)17-11-7-4-8-12-17/h3-14,19H,15H2,1-2H3,(H,25,26). The normalized spacial score (nSPS) is 10.6. The third kappa shape index (κ3) is 4.65. The Morgan fingerprint density at radius 1 is 0.893 bits per heavy atom. The Labute approximate surface area is 179 Å². The van der Waals surface area contributed by atoms with Crippen LogP contribution >= 0.6 is 22.6 Å². The first-order valence-corrected chi connectivity index (χ1v) is 10.0. The Kier molecular flexibility index (Phi) is 6.92. The molecule has 3 aromatic carbocycles. The SMILES string of the molecule is COc1cc(I)c(C(=O)NCC(c2ccccc2)c2ccccc2)cc1OC. The lowest BCUT2D eigenvalue weighted by atomic mass is 9.91. The Bertz CT molecular complexity index is 890. The van der Waals surface area contributed by atoms with E-state index in [2.05, 4.69) is 52.2 Å². The molecule has 3 rings (SSSR count). The molecular formula is C23H22INO3. The van der Waals surface area contributed by atoms with E-state index >= 15 is 0 Å². The van der Waals surface area contributed by atoms with Crippen molar-refractivity contribution >= 4 is 28.5 Å². The van der Waals surface area contributed by atoms with E-state index in [1.165, 1.54) is 0 Å².